The maximum Gasteiger partial charge on any atom is 0.339 e. The Morgan fingerprint density at radius 1 is 1.03 bits per heavy atom. The fraction of sp³-hybridized carbons (Fsp3) is 0.136. The van der Waals surface area contributed by atoms with Gasteiger partial charge in [0.1, 0.15) is 10.6 Å². The summed E-state index contributed by atoms with van der Waals surface area (Å²) in [7, 11) is -2.68. The number of hydrazone groups is 1. The van der Waals surface area contributed by atoms with E-state index in [0.29, 0.717) is 11.1 Å². The summed E-state index contributed by atoms with van der Waals surface area (Å²) < 4.78 is 36.2. The van der Waals surface area contributed by atoms with E-state index in [9.17, 15) is 18.5 Å². The fourth-order valence-corrected chi connectivity index (χ4v) is 4.13. The number of rotatable bonds is 8. The first-order valence-corrected chi connectivity index (χ1v) is 10.8. The van der Waals surface area contributed by atoms with Gasteiger partial charge in [-0.25, -0.2) is 0 Å². The van der Waals surface area contributed by atoms with Gasteiger partial charge in [0.2, 0.25) is 0 Å². The molecule has 0 amide bonds. The number of hydrogen-bond donors (Lipinski definition) is 1. The highest BCUT2D eigenvalue weighted by Crippen LogP contribution is 2.31. The van der Waals surface area contributed by atoms with Gasteiger partial charge in [-0.2, -0.15) is 13.5 Å². The van der Waals surface area contributed by atoms with Crippen molar-refractivity contribution in [3.05, 3.63) is 87.5 Å². The molecule has 3 aromatic carbocycles. The van der Waals surface area contributed by atoms with Crippen molar-refractivity contribution in [1.82, 2.24) is 0 Å². The molecule has 0 radical (unpaired) electrons. The van der Waals surface area contributed by atoms with Crippen molar-refractivity contribution in [3.8, 4) is 11.5 Å². The van der Waals surface area contributed by atoms with Crippen LogP contribution in [0.4, 0.5) is 11.4 Å². The lowest BCUT2D eigenvalue weighted by molar-refractivity contribution is -0.384. The van der Waals surface area contributed by atoms with Gasteiger partial charge in [-0.1, -0.05) is 24.3 Å². The summed E-state index contributed by atoms with van der Waals surface area (Å²) in [6.07, 6.45) is 1.42. The number of nitro benzene ring substituents is 1. The van der Waals surface area contributed by atoms with E-state index < -0.39 is 15.0 Å². The Morgan fingerprint density at radius 2 is 1.78 bits per heavy atom. The first-order chi connectivity index (χ1) is 15.2. The van der Waals surface area contributed by atoms with Gasteiger partial charge in [-0.3, -0.25) is 15.5 Å². The maximum atomic E-state index is 12.8. The molecule has 0 saturated carbocycles. The van der Waals surface area contributed by atoms with Crippen molar-refractivity contribution in [3.63, 3.8) is 0 Å². The molecule has 166 valence electrons. The SMILES string of the molecule is COc1cc(/C=N\Nc2ccccc2[N+](=O)[O-])ccc1OS(=O)(=O)c1cc(C)ccc1C. The molecule has 0 aliphatic carbocycles. The first-order valence-electron chi connectivity index (χ1n) is 9.43. The quantitative estimate of drug-likeness (QED) is 0.231. The monoisotopic (exact) mass is 455 g/mol. The molecule has 0 unspecified atom stereocenters. The van der Waals surface area contributed by atoms with Gasteiger partial charge in [0.25, 0.3) is 5.69 Å². The van der Waals surface area contributed by atoms with Crippen LogP contribution in [0.1, 0.15) is 16.7 Å². The minimum atomic E-state index is -4.07. The molecule has 10 heteroatoms. The minimum absolute atomic E-state index is 0.0252. The Hall–Kier alpha value is -3.92. The Bertz CT molecular complexity index is 1290. The van der Waals surface area contributed by atoms with E-state index in [1.807, 2.05) is 6.07 Å². The molecule has 0 aliphatic heterocycles. The molecule has 0 spiro atoms. The molecule has 0 heterocycles. The summed E-state index contributed by atoms with van der Waals surface area (Å²) in [4.78, 5) is 10.6. The highest BCUT2D eigenvalue weighted by atomic mass is 32.2. The Kier molecular flexibility index (Phi) is 6.74. The van der Waals surface area contributed by atoms with Crippen LogP contribution in [0.2, 0.25) is 0 Å². The number of benzene rings is 3. The largest absolute Gasteiger partial charge is 0.493 e. The zero-order chi connectivity index (χ0) is 23.3. The standard InChI is InChI=1S/C22H21N3O6S/c1-15-8-9-16(2)22(12-15)32(28,29)31-20-11-10-17(13-21(20)30-3)14-23-24-18-6-4-5-7-19(18)25(26)27/h4-14,24H,1-3H3/b23-14-. The zero-order valence-electron chi connectivity index (χ0n) is 17.6. The maximum absolute atomic E-state index is 12.8. The molecule has 0 aliphatic rings. The van der Waals surface area contributed by atoms with Crippen LogP contribution >= 0.6 is 0 Å². The number of nitro groups is 1. The number of aryl methyl sites for hydroxylation is 2. The van der Waals surface area contributed by atoms with Crippen LogP contribution in [0, 0.1) is 24.0 Å². The second-order valence-electron chi connectivity index (χ2n) is 6.86. The van der Waals surface area contributed by atoms with Crippen molar-refractivity contribution >= 4 is 27.7 Å². The van der Waals surface area contributed by atoms with Crippen molar-refractivity contribution < 1.29 is 22.3 Å². The van der Waals surface area contributed by atoms with Gasteiger partial charge in [-0.05, 0) is 60.9 Å². The van der Waals surface area contributed by atoms with Crippen molar-refractivity contribution in [2.45, 2.75) is 18.7 Å². The van der Waals surface area contributed by atoms with Crippen LogP contribution in [0.3, 0.4) is 0 Å². The molecule has 1 N–H and O–H groups in total. The average molecular weight is 455 g/mol. The minimum Gasteiger partial charge on any atom is -0.493 e. The van der Waals surface area contributed by atoms with Gasteiger partial charge >= 0.3 is 10.1 Å². The van der Waals surface area contributed by atoms with Crippen LogP contribution in [-0.4, -0.2) is 26.7 Å². The van der Waals surface area contributed by atoms with Crippen LogP contribution in [0.15, 0.2) is 70.7 Å². The summed E-state index contributed by atoms with van der Waals surface area (Å²) >= 11 is 0. The van der Waals surface area contributed by atoms with Crippen molar-refractivity contribution in [2.24, 2.45) is 5.10 Å². The van der Waals surface area contributed by atoms with Crippen LogP contribution in [0.25, 0.3) is 0 Å². The van der Waals surface area contributed by atoms with E-state index in [1.165, 1.54) is 31.5 Å². The molecule has 3 rings (SSSR count). The van der Waals surface area contributed by atoms with Gasteiger partial charge in [0.15, 0.2) is 11.5 Å². The number of anilines is 1. The number of ether oxygens (including phenoxy) is 1. The predicted octanol–water partition coefficient (Wildman–Crippen LogP) is 4.43. The topological polar surface area (TPSA) is 120 Å². The van der Waals surface area contributed by atoms with Gasteiger partial charge in [0, 0.05) is 6.07 Å². The van der Waals surface area contributed by atoms with E-state index in [0.717, 1.165) is 5.56 Å². The summed E-state index contributed by atoms with van der Waals surface area (Å²) in [5, 5.41) is 15.1. The van der Waals surface area contributed by atoms with E-state index in [1.54, 1.807) is 50.2 Å². The molecule has 32 heavy (non-hydrogen) atoms. The van der Waals surface area contributed by atoms with Crippen molar-refractivity contribution in [1.29, 1.82) is 0 Å². The first kappa shape index (κ1) is 22.8. The van der Waals surface area contributed by atoms with Gasteiger partial charge in [-0.15, -0.1) is 0 Å². The lowest BCUT2D eigenvalue weighted by Gasteiger charge is -2.13. The second-order valence-corrected chi connectivity index (χ2v) is 8.38. The molecule has 0 atom stereocenters. The van der Waals surface area contributed by atoms with Crippen molar-refractivity contribution in [2.75, 3.05) is 12.5 Å². The molecule has 0 bridgehead atoms. The van der Waals surface area contributed by atoms with E-state index in [2.05, 4.69) is 10.5 Å². The van der Waals surface area contributed by atoms with Crippen LogP contribution in [-0.2, 0) is 10.1 Å². The van der Waals surface area contributed by atoms with E-state index >= 15 is 0 Å². The fourth-order valence-electron chi connectivity index (χ4n) is 2.88. The molecular weight excluding hydrogens is 434 g/mol. The zero-order valence-corrected chi connectivity index (χ0v) is 18.4. The van der Waals surface area contributed by atoms with Crippen LogP contribution in [0.5, 0.6) is 11.5 Å². The third kappa shape index (κ3) is 5.22. The number of nitrogens with one attached hydrogen (secondary N) is 1. The summed E-state index contributed by atoms with van der Waals surface area (Å²) in [6, 6.07) is 15.8. The lowest BCUT2D eigenvalue weighted by atomic mass is 10.2. The van der Waals surface area contributed by atoms with E-state index in [4.69, 9.17) is 8.92 Å². The smallest absolute Gasteiger partial charge is 0.339 e. The molecule has 0 fully saturated rings. The van der Waals surface area contributed by atoms with E-state index in [-0.39, 0.29) is 27.8 Å². The highest BCUT2D eigenvalue weighted by Gasteiger charge is 2.21. The number of hydrogen-bond acceptors (Lipinski definition) is 8. The molecular formula is C22H21N3O6S. The Labute approximate surface area is 185 Å². The number of para-hydroxylation sites is 2. The Balaban J connectivity index is 1.81. The third-order valence-corrected chi connectivity index (χ3v) is 5.88. The normalized spacial score (nSPS) is 11.3. The summed E-state index contributed by atoms with van der Waals surface area (Å²) in [5.74, 6) is 0.214. The highest BCUT2D eigenvalue weighted by molar-refractivity contribution is 7.87. The average Bonchev–Trinajstić information content (AvgIpc) is 2.76. The van der Waals surface area contributed by atoms with Gasteiger partial charge in [0.05, 0.1) is 18.2 Å². The molecule has 3 aromatic rings. The molecule has 9 nitrogen and oxygen atoms in total. The summed E-state index contributed by atoms with van der Waals surface area (Å²) in [6.45, 7) is 3.49. The predicted molar refractivity (Wildman–Crippen MR) is 121 cm³/mol. The molecule has 0 saturated heterocycles. The third-order valence-electron chi connectivity index (χ3n) is 4.50. The number of nitrogens with zero attached hydrogens (tertiary/aromatic N) is 2. The Morgan fingerprint density at radius 3 is 2.50 bits per heavy atom. The number of methoxy groups -OCH3 is 1. The van der Waals surface area contributed by atoms with Crippen LogP contribution < -0.4 is 14.3 Å². The second kappa shape index (κ2) is 9.48. The van der Waals surface area contributed by atoms with Gasteiger partial charge < -0.3 is 8.92 Å². The molecule has 0 aromatic heterocycles. The lowest BCUT2D eigenvalue weighted by Crippen LogP contribution is -2.12. The summed E-state index contributed by atoms with van der Waals surface area (Å²) in [5.41, 5.74) is 4.68.